The number of nitrogens with zero attached hydrogens (tertiary/aromatic N) is 1. The Morgan fingerprint density at radius 1 is 0.900 bits per heavy atom. The minimum Gasteiger partial charge on any atom is -0.320 e. The maximum Gasteiger partial charge on any atom is 0.104 e. The van der Waals surface area contributed by atoms with Crippen molar-refractivity contribution in [2.24, 2.45) is 0 Å². The van der Waals surface area contributed by atoms with Crippen LogP contribution in [-0.4, -0.2) is 24.1 Å². The summed E-state index contributed by atoms with van der Waals surface area (Å²) >= 11 is 0. The molecule has 0 saturated carbocycles. The SMILES string of the molecule is C=Cc1ccc(C[N+](CCC)(CCC)CCCC)cc1. The van der Waals surface area contributed by atoms with Crippen LogP contribution in [-0.2, 0) is 6.54 Å². The predicted molar refractivity (Wildman–Crippen MR) is 90.6 cm³/mol. The highest BCUT2D eigenvalue weighted by atomic mass is 15.3. The zero-order valence-corrected chi connectivity index (χ0v) is 13.7. The molecule has 0 saturated heterocycles. The van der Waals surface area contributed by atoms with Crippen LogP contribution in [0.5, 0.6) is 0 Å². The van der Waals surface area contributed by atoms with Crippen molar-refractivity contribution in [2.75, 3.05) is 19.6 Å². The van der Waals surface area contributed by atoms with Gasteiger partial charge in [-0.05, 0) is 24.8 Å². The summed E-state index contributed by atoms with van der Waals surface area (Å²) in [4.78, 5) is 0. The first kappa shape index (κ1) is 17.0. The van der Waals surface area contributed by atoms with E-state index in [1.807, 2.05) is 6.08 Å². The third-order valence-electron chi connectivity index (χ3n) is 4.12. The molecule has 1 rings (SSSR count). The standard InChI is InChI=1S/C19H32N/c1-5-9-16-20(14-6-2,15-7-3)17-19-12-10-18(8-4)11-13-19/h8,10-13H,4-7,9,14-17H2,1-3H3/q+1. The first-order valence-corrected chi connectivity index (χ1v) is 8.26. The zero-order valence-electron chi connectivity index (χ0n) is 13.7. The number of benzene rings is 1. The summed E-state index contributed by atoms with van der Waals surface area (Å²) in [5, 5.41) is 0. The van der Waals surface area contributed by atoms with Crippen molar-refractivity contribution >= 4 is 6.08 Å². The van der Waals surface area contributed by atoms with Crippen molar-refractivity contribution in [1.29, 1.82) is 0 Å². The molecule has 112 valence electrons. The van der Waals surface area contributed by atoms with Crippen molar-refractivity contribution < 1.29 is 4.48 Å². The molecule has 0 aliphatic carbocycles. The molecule has 0 aliphatic heterocycles. The Morgan fingerprint density at radius 3 is 1.95 bits per heavy atom. The lowest BCUT2D eigenvalue weighted by molar-refractivity contribution is -0.941. The molecular weight excluding hydrogens is 242 g/mol. The van der Waals surface area contributed by atoms with Crippen LogP contribution in [0.15, 0.2) is 30.8 Å². The lowest BCUT2D eigenvalue weighted by atomic mass is 10.1. The summed E-state index contributed by atoms with van der Waals surface area (Å²) in [6, 6.07) is 8.94. The van der Waals surface area contributed by atoms with Gasteiger partial charge in [0.25, 0.3) is 0 Å². The van der Waals surface area contributed by atoms with E-state index in [1.54, 1.807) is 0 Å². The van der Waals surface area contributed by atoms with Gasteiger partial charge in [-0.3, -0.25) is 0 Å². The Bertz CT molecular complexity index is 371. The molecule has 0 aliphatic rings. The predicted octanol–water partition coefficient (Wildman–Crippen LogP) is 5.27. The highest BCUT2D eigenvalue weighted by molar-refractivity contribution is 5.47. The van der Waals surface area contributed by atoms with Gasteiger partial charge >= 0.3 is 0 Å². The minimum absolute atomic E-state index is 1.18. The van der Waals surface area contributed by atoms with Gasteiger partial charge in [-0.15, -0.1) is 0 Å². The lowest BCUT2D eigenvalue weighted by Gasteiger charge is -2.39. The summed E-state index contributed by atoms with van der Waals surface area (Å²) < 4.78 is 1.26. The van der Waals surface area contributed by atoms with E-state index in [1.165, 1.54) is 67.5 Å². The minimum atomic E-state index is 1.18. The summed E-state index contributed by atoms with van der Waals surface area (Å²) in [5.41, 5.74) is 2.68. The average molecular weight is 274 g/mol. The molecule has 0 atom stereocenters. The number of rotatable bonds is 10. The number of hydrogen-bond acceptors (Lipinski definition) is 0. The normalized spacial score (nSPS) is 11.6. The van der Waals surface area contributed by atoms with Crippen molar-refractivity contribution in [2.45, 2.75) is 53.0 Å². The van der Waals surface area contributed by atoms with Crippen LogP contribution >= 0.6 is 0 Å². The molecule has 1 heteroatoms. The molecule has 0 N–H and O–H groups in total. The van der Waals surface area contributed by atoms with Gasteiger partial charge in [-0.25, -0.2) is 0 Å². The molecule has 1 aromatic rings. The summed E-state index contributed by atoms with van der Waals surface area (Å²) in [5.74, 6) is 0. The summed E-state index contributed by atoms with van der Waals surface area (Å²) in [6.45, 7) is 15.9. The first-order valence-electron chi connectivity index (χ1n) is 8.26. The second kappa shape index (κ2) is 8.97. The van der Waals surface area contributed by atoms with Gasteiger partial charge < -0.3 is 4.48 Å². The van der Waals surface area contributed by atoms with Crippen molar-refractivity contribution in [1.82, 2.24) is 0 Å². The Labute approximate surface area is 125 Å². The van der Waals surface area contributed by atoms with E-state index >= 15 is 0 Å². The van der Waals surface area contributed by atoms with E-state index in [0.717, 1.165) is 0 Å². The maximum atomic E-state index is 3.83. The second-order valence-electron chi connectivity index (χ2n) is 5.97. The number of unbranched alkanes of at least 4 members (excludes halogenated alkanes) is 1. The number of quaternary nitrogens is 1. The zero-order chi connectivity index (χ0) is 14.8. The number of hydrogen-bond donors (Lipinski definition) is 0. The van der Waals surface area contributed by atoms with Crippen LogP contribution in [0.2, 0.25) is 0 Å². The Balaban J connectivity index is 2.86. The average Bonchev–Trinajstić information content (AvgIpc) is 2.46. The molecule has 0 unspecified atom stereocenters. The Hall–Kier alpha value is -1.08. The first-order chi connectivity index (χ1) is 9.69. The van der Waals surface area contributed by atoms with Crippen LogP contribution in [0.25, 0.3) is 6.08 Å². The van der Waals surface area contributed by atoms with Gasteiger partial charge in [0.15, 0.2) is 0 Å². The maximum absolute atomic E-state index is 3.83. The second-order valence-corrected chi connectivity index (χ2v) is 5.97. The monoisotopic (exact) mass is 274 g/mol. The smallest absolute Gasteiger partial charge is 0.104 e. The highest BCUT2D eigenvalue weighted by Gasteiger charge is 2.25. The highest BCUT2D eigenvalue weighted by Crippen LogP contribution is 2.19. The van der Waals surface area contributed by atoms with Crippen LogP contribution in [0.4, 0.5) is 0 Å². The molecule has 0 spiro atoms. The van der Waals surface area contributed by atoms with Gasteiger partial charge in [0.1, 0.15) is 6.54 Å². The van der Waals surface area contributed by atoms with E-state index in [-0.39, 0.29) is 0 Å². The van der Waals surface area contributed by atoms with E-state index < -0.39 is 0 Å². The van der Waals surface area contributed by atoms with Crippen molar-refractivity contribution in [3.63, 3.8) is 0 Å². The Kier molecular flexibility index (Phi) is 7.61. The van der Waals surface area contributed by atoms with Crippen LogP contribution in [0.1, 0.15) is 57.6 Å². The summed E-state index contributed by atoms with van der Waals surface area (Å²) in [6.07, 6.45) is 7.09. The van der Waals surface area contributed by atoms with E-state index in [2.05, 4.69) is 51.6 Å². The van der Waals surface area contributed by atoms with Crippen molar-refractivity contribution in [3.05, 3.63) is 42.0 Å². The van der Waals surface area contributed by atoms with Crippen LogP contribution in [0.3, 0.4) is 0 Å². The molecule has 1 aromatic carbocycles. The van der Waals surface area contributed by atoms with E-state index in [0.29, 0.717) is 0 Å². The molecule has 0 radical (unpaired) electrons. The summed E-state index contributed by atoms with van der Waals surface area (Å²) in [7, 11) is 0. The Morgan fingerprint density at radius 2 is 1.50 bits per heavy atom. The van der Waals surface area contributed by atoms with Gasteiger partial charge in [0, 0.05) is 5.56 Å². The van der Waals surface area contributed by atoms with E-state index in [9.17, 15) is 0 Å². The third kappa shape index (κ3) is 5.13. The fourth-order valence-electron chi connectivity index (χ4n) is 3.16. The molecule has 0 aromatic heterocycles. The van der Waals surface area contributed by atoms with Gasteiger partial charge in [0.05, 0.1) is 19.6 Å². The molecule has 0 amide bonds. The van der Waals surface area contributed by atoms with E-state index in [4.69, 9.17) is 0 Å². The molecule has 0 heterocycles. The van der Waals surface area contributed by atoms with Gasteiger partial charge in [-0.1, -0.05) is 64.1 Å². The van der Waals surface area contributed by atoms with Crippen LogP contribution in [0, 0.1) is 0 Å². The van der Waals surface area contributed by atoms with Gasteiger partial charge in [-0.2, -0.15) is 0 Å². The quantitative estimate of drug-likeness (QED) is 0.510. The fourth-order valence-corrected chi connectivity index (χ4v) is 3.16. The molecule has 20 heavy (non-hydrogen) atoms. The van der Waals surface area contributed by atoms with Crippen molar-refractivity contribution in [3.8, 4) is 0 Å². The molecule has 0 fully saturated rings. The third-order valence-corrected chi connectivity index (χ3v) is 4.12. The van der Waals surface area contributed by atoms with Crippen LogP contribution < -0.4 is 0 Å². The fraction of sp³-hybridized carbons (Fsp3) is 0.579. The van der Waals surface area contributed by atoms with Gasteiger partial charge in [0.2, 0.25) is 0 Å². The molecule has 1 nitrogen and oxygen atoms in total. The largest absolute Gasteiger partial charge is 0.320 e. The molecular formula is C19H32N+. The molecule has 0 bridgehead atoms. The lowest BCUT2D eigenvalue weighted by Crippen LogP contribution is -2.49. The topological polar surface area (TPSA) is 0 Å².